The molecule has 1 nitrogen and oxygen atoms in total. The lowest BCUT2D eigenvalue weighted by Crippen LogP contribution is -2.31. The molecular weight excluding hydrogens is 194 g/mol. The fourth-order valence-electron chi connectivity index (χ4n) is 3.77. The summed E-state index contributed by atoms with van der Waals surface area (Å²) in [5.41, 5.74) is 1.48. The van der Waals surface area contributed by atoms with E-state index >= 15 is 0 Å². The first-order valence-corrected chi connectivity index (χ1v) is 6.61. The van der Waals surface area contributed by atoms with E-state index in [0.29, 0.717) is 6.04 Å². The highest BCUT2D eigenvalue weighted by Gasteiger charge is 2.55. The molecule has 0 heterocycles. The Labute approximate surface area is 98.3 Å². The Balaban J connectivity index is 1.64. The molecule has 0 radical (unpaired) electrons. The van der Waals surface area contributed by atoms with Crippen LogP contribution in [0.2, 0.25) is 0 Å². The summed E-state index contributed by atoms with van der Waals surface area (Å²) in [6, 6.07) is 11.6. The van der Waals surface area contributed by atoms with Crippen LogP contribution in [0.3, 0.4) is 0 Å². The molecule has 0 bridgehead atoms. The Bertz CT molecular complexity index is 336. The zero-order chi connectivity index (χ0) is 11.0. The van der Waals surface area contributed by atoms with E-state index in [-0.39, 0.29) is 0 Å². The molecule has 3 rings (SSSR count). The first-order chi connectivity index (χ1) is 7.90. The highest BCUT2D eigenvalue weighted by atomic mass is 14.9. The van der Waals surface area contributed by atoms with Gasteiger partial charge in [0.2, 0.25) is 0 Å². The Morgan fingerprint density at radius 2 is 1.88 bits per heavy atom. The van der Waals surface area contributed by atoms with Crippen molar-refractivity contribution in [1.82, 2.24) is 5.32 Å². The van der Waals surface area contributed by atoms with Gasteiger partial charge in [0, 0.05) is 6.04 Å². The van der Waals surface area contributed by atoms with Gasteiger partial charge in [0.25, 0.3) is 0 Å². The van der Waals surface area contributed by atoms with Gasteiger partial charge in [-0.1, -0.05) is 36.8 Å². The second-order valence-corrected chi connectivity index (χ2v) is 5.42. The lowest BCUT2D eigenvalue weighted by Gasteiger charge is -2.18. The Morgan fingerprint density at radius 1 is 1.19 bits per heavy atom. The third kappa shape index (κ3) is 1.78. The van der Waals surface area contributed by atoms with Crippen LogP contribution in [0.5, 0.6) is 0 Å². The Kier molecular flexibility index (Phi) is 2.72. The first-order valence-electron chi connectivity index (χ1n) is 6.61. The molecule has 3 atom stereocenters. The molecule has 2 aliphatic carbocycles. The van der Waals surface area contributed by atoms with E-state index in [1.54, 1.807) is 0 Å². The Morgan fingerprint density at radius 3 is 2.50 bits per heavy atom. The van der Waals surface area contributed by atoms with Gasteiger partial charge in [-0.05, 0) is 49.6 Å². The van der Waals surface area contributed by atoms with Crippen molar-refractivity contribution in [1.29, 1.82) is 0 Å². The number of hydrogen-bond donors (Lipinski definition) is 1. The van der Waals surface area contributed by atoms with Gasteiger partial charge < -0.3 is 5.32 Å². The number of rotatable bonds is 4. The summed E-state index contributed by atoms with van der Waals surface area (Å²) in [5.74, 6) is 3.08. The minimum Gasteiger partial charge on any atom is -0.316 e. The zero-order valence-electron chi connectivity index (χ0n) is 10.0. The summed E-state index contributed by atoms with van der Waals surface area (Å²) in [7, 11) is 2.13. The summed E-state index contributed by atoms with van der Waals surface area (Å²) in [5, 5.41) is 3.54. The largest absolute Gasteiger partial charge is 0.316 e. The van der Waals surface area contributed by atoms with Crippen LogP contribution in [-0.4, -0.2) is 13.1 Å². The van der Waals surface area contributed by atoms with Crippen molar-refractivity contribution in [3.63, 3.8) is 0 Å². The lowest BCUT2D eigenvalue weighted by atomic mass is 9.97. The van der Waals surface area contributed by atoms with Crippen molar-refractivity contribution in [2.24, 2.45) is 17.8 Å². The predicted octanol–water partition coefficient (Wildman–Crippen LogP) is 2.86. The summed E-state index contributed by atoms with van der Waals surface area (Å²) in [6.07, 6.45) is 5.66. The summed E-state index contributed by atoms with van der Waals surface area (Å²) >= 11 is 0. The van der Waals surface area contributed by atoms with Crippen molar-refractivity contribution in [2.75, 3.05) is 7.05 Å². The molecule has 1 heteroatoms. The maximum absolute atomic E-state index is 3.54. The van der Waals surface area contributed by atoms with Crippen LogP contribution in [0.25, 0.3) is 0 Å². The lowest BCUT2D eigenvalue weighted by molar-refractivity contribution is 0.428. The SMILES string of the molecule is CNC(Cc1ccccc1)C1C2CCCC21. The molecule has 0 aliphatic heterocycles. The summed E-state index contributed by atoms with van der Waals surface area (Å²) in [4.78, 5) is 0. The van der Waals surface area contributed by atoms with Crippen LogP contribution >= 0.6 is 0 Å². The summed E-state index contributed by atoms with van der Waals surface area (Å²) < 4.78 is 0. The van der Waals surface area contributed by atoms with Crippen LogP contribution in [0, 0.1) is 17.8 Å². The molecule has 0 saturated heterocycles. The molecule has 0 aromatic heterocycles. The van der Waals surface area contributed by atoms with Gasteiger partial charge in [-0.2, -0.15) is 0 Å². The normalized spacial score (nSPS) is 33.4. The second-order valence-electron chi connectivity index (χ2n) is 5.42. The molecule has 0 spiro atoms. The average Bonchev–Trinajstić information content (AvgIpc) is 2.81. The summed E-state index contributed by atoms with van der Waals surface area (Å²) in [6.45, 7) is 0. The smallest absolute Gasteiger partial charge is 0.0138 e. The van der Waals surface area contributed by atoms with Gasteiger partial charge in [0.15, 0.2) is 0 Å². The van der Waals surface area contributed by atoms with Crippen LogP contribution in [-0.2, 0) is 6.42 Å². The number of fused-ring (bicyclic) bond motifs is 1. The average molecular weight is 215 g/mol. The van der Waals surface area contributed by atoms with Crippen molar-refractivity contribution in [3.8, 4) is 0 Å². The Hall–Kier alpha value is -0.820. The molecule has 1 aromatic carbocycles. The van der Waals surface area contributed by atoms with Crippen LogP contribution < -0.4 is 5.32 Å². The van der Waals surface area contributed by atoms with E-state index in [9.17, 15) is 0 Å². The fourth-order valence-corrected chi connectivity index (χ4v) is 3.77. The molecule has 2 saturated carbocycles. The number of hydrogen-bond acceptors (Lipinski definition) is 1. The van der Waals surface area contributed by atoms with Crippen molar-refractivity contribution in [2.45, 2.75) is 31.7 Å². The number of benzene rings is 1. The monoisotopic (exact) mass is 215 g/mol. The van der Waals surface area contributed by atoms with E-state index in [1.165, 1.54) is 31.2 Å². The first kappa shape index (κ1) is 10.3. The van der Waals surface area contributed by atoms with Gasteiger partial charge in [0.1, 0.15) is 0 Å². The molecule has 1 aromatic rings. The van der Waals surface area contributed by atoms with Crippen LogP contribution in [0.4, 0.5) is 0 Å². The second kappa shape index (κ2) is 4.21. The molecule has 3 unspecified atom stereocenters. The standard InChI is InChI=1S/C15H21N/c1-16-14(10-11-6-3-2-4-7-11)15-12-8-5-9-13(12)15/h2-4,6-7,12-16H,5,8-10H2,1H3. The van der Waals surface area contributed by atoms with Gasteiger partial charge in [-0.15, -0.1) is 0 Å². The minimum absolute atomic E-state index is 0.706. The predicted molar refractivity (Wildman–Crippen MR) is 67.3 cm³/mol. The zero-order valence-corrected chi connectivity index (χ0v) is 10.0. The molecule has 86 valence electrons. The molecule has 1 N–H and O–H groups in total. The van der Waals surface area contributed by atoms with E-state index < -0.39 is 0 Å². The maximum Gasteiger partial charge on any atom is 0.0138 e. The van der Waals surface area contributed by atoms with Crippen LogP contribution in [0.1, 0.15) is 24.8 Å². The highest BCUT2D eigenvalue weighted by Crippen LogP contribution is 2.59. The quantitative estimate of drug-likeness (QED) is 0.814. The van der Waals surface area contributed by atoms with E-state index in [4.69, 9.17) is 0 Å². The number of nitrogens with one attached hydrogen (secondary N) is 1. The molecule has 16 heavy (non-hydrogen) atoms. The van der Waals surface area contributed by atoms with Gasteiger partial charge in [0.05, 0.1) is 0 Å². The molecule has 2 fully saturated rings. The van der Waals surface area contributed by atoms with E-state index in [2.05, 4.69) is 42.7 Å². The topological polar surface area (TPSA) is 12.0 Å². The fraction of sp³-hybridized carbons (Fsp3) is 0.600. The molecular formula is C15H21N. The van der Waals surface area contributed by atoms with Crippen molar-refractivity contribution < 1.29 is 0 Å². The van der Waals surface area contributed by atoms with Gasteiger partial charge in [-0.25, -0.2) is 0 Å². The number of likely N-dealkylation sites (N-methyl/N-ethyl adjacent to an activating group) is 1. The van der Waals surface area contributed by atoms with Crippen LogP contribution in [0.15, 0.2) is 30.3 Å². The maximum atomic E-state index is 3.54. The van der Waals surface area contributed by atoms with E-state index in [1.807, 2.05) is 0 Å². The van der Waals surface area contributed by atoms with Gasteiger partial charge >= 0.3 is 0 Å². The van der Waals surface area contributed by atoms with E-state index in [0.717, 1.165) is 17.8 Å². The third-order valence-corrected chi connectivity index (χ3v) is 4.61. The van der Waals surface area contributed by atoms with Gasteiger partial charge in [-0.3, -0.25) is 0 Å². The van der Waals surface area contributed by atoms with Crippen molar-refractivity contribution in [3.05, 3.63) is 35.9 Å². The van der Waals surface area contributed by atoms with Crippen molar-refractivity contribution >= 4 is 0 Å². The minimum atomic E-state index is 0.706. The third-order valence-electron chi connectivity index (χ3n) is 4.61. The molecule has 0 amide bonds. The molecule has 2 aliphatic rings. The highest BCUT2D eigenvalue weighted by molar-refractivity contribution is 5.18.